The van der Waals surface area contributed by atoms with E-state index in [1.807, 2.05) is 0 Å². The number of fused-ring (bicyclic) bond motifs is 1. The van der Waals surface area contributed by atoms with Gasteiger partial charge in [-0.15, -0.1) is 0 Å². The molecule has 8 nitrogen and oxygen atoms in total. The quantitative estimate of drug-likeness (QED) is 0.764. The maximum atomic E-state index is 13.0. The molecule has 0 radical (unpaired) electrons. The molecule has 0 atom stereocenters. The highest BCUT2D eigenvalue weighted by Crippen LogP contribution is 2.29. The van der Waals surface area contributed by atoms with Crippen molar-refractivity contribution in [2.75, 3.05) is 25.0 Å². The lowest BCUT2D eigenvalue weighted by molar-refractivity contribution is -0.118. The molecule has 0 bridgehead atoms. The first-order valence-corrected chi connectivity index (χ1v) is 10.9. The zero-order valence-electron chi connectivity index (χ0n) is 15.9. The van der Waals surface area contributed by atoms with Crippen LogP contribution in [0.3, 0.4) is 0 Å². The molecule has 10 heteroatoms. The molecule has 0 aromatic heterocycles. The van der Waals surface area contributed by atoms with E-state index < -0.39 is 15.8 Å². The Morgan fingerprint density at radius 1 is 1.13 bits per heavy atom. The van der Waals surface area contributed by atoms with Crippen molar-refractivity contribution in [3.63, 3.8) is 0 Å². The van der Waals surface area contributed by atoms with Crippen molar-refractivity contribution in [1.29, 1.82) is 0 Å². The number of nitrogens with zero attached hydrogens (tertiary/aromatic N) is 1. The number of hydrogen-bond donors (Lipinski definition) is 2. The minimum atomic E-state index is -3.76. The summed E-state index contributed by atoms with van der Waals surface area (Å²) in [6.45, 7) is 0.715. The Morgan fingerprint density at radius 2 is 1.83 bits per heavy atom. The van der Waals surface area contributed by atoms with Crippen molar-refractivity contribution < 1.29 is 27.1 Å². The van der Waals surface area contributed by atoms with Gasteiger partial charge in [-0.2, -0.15) is 0 Å². The number of carbonyl (C=O) groups is 2. The van der Waals surface area contributed by atoms with Crippen LogP contribution in [0.4, 0.5) is 10.1 Å². The van der Waals surface area contributed by atoms with Crippen LogP contribution in [0.25, 0.3) is 0 Å². The molecule has 2 aliphatic rings. The van der Waals surface area contributed by atoms with Crippen LogP contribution in [0, 0.1) is 5.82 Å². The maximum Gasteiger partial charge on any atom is 0.262 e. The molecule has 2 heterocycles. The number of sulfonamides is 1. The lowest BCUT2D eigenvalue weighted by Gasteiger charge is -2.32. The van der Waals surface area contributed by atoms with Crippen molar-refractivity contribution >= 4 is 27.5 Å². The second-order valence-corrected chi connectivity index (χ2v) is 8.90. The smallest absolute Gasteiger partial charge is 0.262 e. The van der Waals surface area contributed by atoms with Crippen LogP contribution in [0.2, 0.25) is 0 Å². The van der Waals surface area contributed by atoms with Crippen molar-refractivity contribution in [1.82, 2.24) is 9.62 Å². The maximum absolute atomic E-state index is 13.0. The van der Waals surface area contributed by atoms with E-state index in [0.717, 1.165) is 12.1 Å². The molecule has 2 amide bonds. The number of ether oxygens (including phenoxy) is 1. The van der Waals surface area contributed by atoms with E-state index in [-0.39, 0.29) is 29.4 Å². The van der Waals surface area contributed by atoms with Crippen LogP contribution in [0.5, 0.6) is 5.75 Å². The van der Waals surface area contributed by atoms with E-state index in [4.69, 9.17) is 4.74 Å². The molecule has 30 heavy (non-hydrogen) atoms. The summed E-state index contributed by atoms with van der Waals surface area (Å²) in [4.78, 5) is 25.9. The predicted octanol–water partition coefficient (Wildman–Crippen LogP) is 1.74. The standard InChI is InChI=1S/C20H20FN3O5S/c21-14-2-4-16(5-3-14)30(27,28)23-15-7-9-24(10-8-15)20(26)13-1-6-18-17(11-13)22-19(25)12-29-18/h1-6,11,15,23H,7-10,12H2,(H,22,25). The summed E-state index contributed by atoms with van der Waals surface area (Å²) < 4.78 is 45.8. The van der Waals surface area contributed by atoms with Gasteiger partial charge in [-0.25, -0.2) is 17.5 Å². The molecule has 4 rings (SSSR count). The van der Waals surface area contributed by atoms with Crippen LogP contribution in [-0.2, 0) is 14.8 Å². The van der Waals surface area contributed by atoms with Gasteiger partial charge in [0.15, 0.2) is 6.61 Å². The number of piperidine rings is 1. The number of likely N-dealkylation sites (tertiary alicyclic amines) is 1. The fourth-order valence-corrected chi connectivity index (χ4v) is 4.81. The van der Waals surface area contributed by atoms with E-state index in [1.54, 1.807) is 23.1 Å². The monoisotopic (exact) mass is 433 g/mol. The number of benzene rings is 2. The topological polar surface area (TPSA) is 105 Å². The Kier molecular flexibility index (Phi) is 5.44. The third-order valence-electron chi connectivity index (χ3n) is 5.09. The van der Waals surface area contributed by atoms with Gasteiger partial charge in [0.2, 0.25) is 10.0 Å². The van der Waals surface area contributed by atoms with Gasteiger partial charge in [0.25, 0.3) is 11.8 Å². The van der Waals surface area contributed by atoms with Crippen molar-refractivity contribution in [3.05, 3.63) is 53.8 Å². The molecular formula is C20H20FN3O5S. The van der Waals surface area contributed by atoms with Crippen LogP contribution in [0.1, 0.15) is 23.2 Å². The van der Waals surface area contributed by atoms with E-state index >= 15 is 0 Å². The molecule has 2 N–H and O–H groups in total. The van der Waals surface area contributed by atoms with Crippen LogP contribution in [0.15, 0.2) is 47.4 Å². The molecule has 0 aliphatic carbocycles. The lowest BCUT2D eigenvalue weighted by atomic mass is 10.0. The van der Waals surface area contributed by atoms with Crippen molar-refractivity contribution in [3.8, 4) is 5.75 Å². The Bertz CT molecular complexity index is 1080. The molecule has 2 aromatic carbocycles. The number of hydrogen-bond acceptors (Lipinski definition) is 5. The molecule has 1 fully saturated rings. The van der Waals surface area contributed by atoms with E-state index in [1.165, 1.54) is 12.1 Å². The number of amides is 2. The largest absolute Gasteiger partial charge is 0.482 e. The molecule has 0 spiro atoms. The number of carbonyl (C=O) groups excluding carboxylic acids is 2. The van der Waals surface area contributed by atoms with Gasteiger partial charge >= 0.3 is 0 Å². The summed E-state index contributed by atoms with van der Waals surface area (Å²) in [5, 5.41) is 2.68. The Labute approximate surface area is 173 Å². The summed E-state index contributed by atoms with van der Waals surface area (Å²) in [7, 11) is -3.76. The minimum Gasteiger partial charge on any atom is -0.482 e. The summed E-state index contributed by atoms with van der Waals surface area (Å²) >= 11 is 0. The minimum absolute atomic E-state index is 0.000677. The number of nitrogens with one attached hydrogen (secondary N) is 2. The third-order valence-corrected chi connectivity index (χ3v) is 6.62. The predicted molar refractivity (Wildman–Crippen MR) is 106 cm³/mol. The Balaban J connectivity index is 1.37. The lowest BCUT2D eigenvalue weighted by Crippen LogP contribution is -2.46. The van der Waals surface area contributed by atoms with Crippen LogP contribution >= 0.6 is 0 Å². The molecule has 0 unspecified atom stereocenters. The van der Waals surface area contributed by atoms with Gasteiger partial charge in [-0.3, -0.25) is 9.59 Å². The van der Waals surface area contributed by atoms with E-state index in [2.05, 4.69) is 10.0 Å². The molecule has 2 aromatic rings. The summed E-state index contributed by atoms with van der Waals surface area (Å²) in [5.41, 5.74) is 0.879. The SMILES string of the molecule is O=C1COc2ccc(C(=O)N3CCC(NS(=O)(=O)c4ccc(F)cc4)CC3)cc2N1. The van der Waals surface area contributed by atoms with Gasteiger partial charge in [-0.1, -0.05) is 0 Å². The zero-order valence-corrected chi connectivity index (χ0v) is 16.7. The van der Waals surface area contributed by atoms with Gasteiger partial charge in [0.1, 0.15) is 11.6 Å². The molecule has 0 saturated carbocycles. The number of anilines is 1. The second-order valence-electron chi connectivity index (χ2n) is 7.19. The second kappa shape index (κ2) is 8.04. The van der Waals surface area contributed by atoms with Gasteiger partial charge < -0.3 is 15.0 Å². The first-order valence-electron chi connectivity index (χ1n) is 9.46. The number of halogens is 1. The van der Waals surface area contributed by atoms with Crippen molar-refractivity contribution in [2.24, 2.45) is 0 Å². The van der Waals surface area contributed by atoms with Gasteiger partial charge in [0, 0.05) is 24.7 Å². The fourth-order valence-electron chi connectivity index (χ4n) is 3.50. The molecular weight excluding hydrogens is 413 g/mol. The van der Waals surface area contributed by atoms with Crippen LogP contribution < -0.4 is 14.8 Å². The van der Waals surface area contributed by atoms with E-state index in [9.17, 15) is 22.4 Å². The normalized spacial score (nSPS) is 17.1. The highest BCUT2D eigenvalue weighted by molar-refractivity contribution is 7.89. The number of rotatable bonds is 4. The fraction of sp³-hybridized carbons (Fsp3) is 0.300. The average Bonchev–Trinajstić information content (AvgIpc) is 2.73. The summed E-state index contributed by atoms with van der Waals surface area (Å²) in [5.74, 6) is -0.465. The summed E-state index contributed by atoms with van der Waals surface area (Å²) in [6, 6.07) is 9.18. The highest BCUT2D eigenvalue weighted by Gasteiger charge is 2.28. The van der Waals surface area contributed by atoms with Crippen LogP contribution in [-0.4, -0.2) is 50.9 Å². The van der Waals surface area contributed by atoms with Crippen molar-refractivity contribution in [2.45, 2.75) is 23.8 Å². The first-order chi connectivity index (χ1) is 14.3. The molecule has 1 saturated heterocycles. The van der Waals surface area contributed by atoms with Gasteiger partial charge in [0.05, 0.1) is 10.6 Å². The van der Waals surface area contributed by atoms with E-state index in [0.29, 0.717) is 42.9 Å². The molecule has 2 aliphatic heterocycles. The van der Waals surface area contributed by atoms with Gasteiger partial charge in [-0.05, 0) is 55.3 Å². The first kappa shape index (κ1) is 20.3. The Morgan fingerprint density at radius 3 is 2.53 bits per heavy atom. The zero-order chi connectivity index (χ0) is 21.3. The molecule has 158 valence electrons. The highest BCUT2D eigenvalue weighted by atomic mass is 32.2. The Hall–Kier alpha value is -2.98. The summed E-state index contributed by atoms with van der Waals surface area (Å²) in [6.07, 6.45) is 0.911. The average molecular weight is 433 g/mol. The third kappa shape index (κ3) is 4.29.